The molecule has 0 spiro atoms. The number of nitro groups is 1. The van der Waals surface area contributed by atoms with Gasteiger partial charge in [-0.3, -0.25) is 10.1 Å². The van der Waals surface area contributed by atoms with Crippen molar-refractivity contribution in [3.63, 3.8) is 0 Å². The molecule has 6 heteroatoms. The van der Waals surface area contributed by atoms with Gasteiger partial charge in [0.25, 0.3) is 5.69 Å². The number of carbonyl (C=O) groups excluding carboxylic acids is 1. The average molecular weight is 306 g/mol. The molecule has 0 saturated heterocycles. The molecule has 2 aromatic rings. The molecule has 0 aliphatic carbocycles. The van der Waals surface area contributed by atoms with Gasteiger partial charge in [-0.1, -0.05) is 23.7 Å². The lowest BCUT2D eigenvalue weighted by molar-refractivity contribution is -0.385. The molecular formula is C15H12ClNO4. The van der Waals surface area contributed by atoms with Gasteiger partial charge in [0.1, 0.15) is 5.75 Å². The zero-order chi connectivity index (χ0) is 15.6. The molecule has 21 heavy (non-hydrogen) atoms. The molecule has 2 rings (SSSR count). The summed E-state index contributed by atoms with van der Waals surface area (Å²) in [5.74, 6) is -0.463. The SMILES string of the molecule is Cc1ccc(Cl)c(OC(=O)c2ccc(C)c([N+](=O)[O-])c2)c1. The zero-order valence-corrected chi connectivity index (χ0v) is 12.2. The van der Waals surface area contributed by atoms with Crippen molar-refractivity contribution in [3.8, 4) is 5.75 Å². The number of halogens is 1. The Bertz CT molecular complexity index is 728. The minimum atomic E-state index is -0.689. The molecule has 0 heterocycles. The highest BCUT2D eigenvalue weighted by Gasteiger charge is 2.17. The first kappa shape index (κ1) is 15.0. The number of nitro benzene ring substituents is 1. The number of benzene rings is 2. The van der Waals surface area contributed by atoms with Crippen molar-refractivity contribution in [2.75, 3.05) is 0 Å². The number of esters is 1. The molecule has 0 fully saturated rings. The van der Waals surface area contributed by atoms with Crippen molar-refractivity contribution >= 4 is 23.3 Å². The van der Waals surface area contributed by atoms with Crippen LogP contribution in [0.5, 0.6) is 5.75 Å². The Morgan fingerprint density at radius 2 is 1.90 bits per heavy atom. The second-order valence-corrected chi connectivity index (χ2v) is 4.99. The number of ether oxygens (including phenoxy) is 1. The largest absolute Gasteiger partial charge is 0.421 e. The van der Waals surface area contributed by atoms with Crippen LogP contribution in [0.3, 0.4) is 0 Å². The molecule has 0 aromatic heterocycles. The molecule has 0 amide bonds. The van der Waals surface area contributed by atoms with E-state index in [4.69, 9.17) is 16.3 Å². The predicted octanol–water partition coefficient (Wildman–Crippen LogP) is 4.08. The van der Waals surface area contributed by atoms with Gasteiger partial charge in [-0.15, -0.1) is 0 Å². The van der Waals surface area contributed by atoms with Crippen LogP contribution in [-0.2, 0) is 0 Å². The Morgan fingerprint density at radius 1 is 1.19 bits per heavy atom. The average Bonchev–Trinajstić information content (AvgIpc) is 2.43. The number of hydrogen-bond donors (Lipinski definition) is 0. The minimum Gasteiger partial charge on any atom is -0.421 e. The number of nitrogens with zero attached hydrogens (tertiary/aromatic N) is 1. The van der Waals surface area contributed by atoms with E-state index in [-0.39, 0.29) is 17.0 Å². The summed E-state index contributed by atoms with van der Waals surface area (Å²) < 4.78 is 5.19. The Kier molecular flexibility index (Phi) is 4.23. The van der Waals surface area contributed by atoms with Crippen LogP contribution in [-0.4, -0.2) is 10.9 Å². The molecule has 0 radical (unpaired) electrons. The van der Waals surface area contributed by atoms with Crippen LogP contribution >= 0.6 is 11.6 Å². The lowest BCUT2D eigenvalue weighted by atomic mass is 10.1. The van der Waals surface area contributed by atoms with Crippen LogP contribution in [0.1, 0.15) is 21.5 Å². The van der Waals surface area contributed by atoms with E-state index < -0.39 is 10.9 Å². The molecule has 0 N–H and O–H groups in total. The molecule has 0 aliphatic rings. The van der Waals surface area contributed by atoms with Gasteiger partial charge in [0.15, 0.2) is 0 Å². The van der Waals surface area contributed by atoms with Crippen molar-refractivity contribution < 1.29 is 14.5 Å². The summed E-state index contributed by atoms with van der Waals surface area (Å²) in [4.78, 5) is 22.4. The van der Waals surface area contributed by atoms with Crippen LogP contribution in [0.25, 0.3) is 0 Å². The number of hydrogen-bond acceptors (Lipinski definition) is 4. The minimum absolute atomic E-state index is 0.102. The number of rotatable bonds is 3. The fourth-order valence-electron chi connectivity index (χ4n) is 1.78. The van der Waals surface area contributed by atoms with Crippen molar-refractivity contribution in [2.24, 2.45) is 0 Å². The highest BCUT2D eigenvalue weighted by Crippen LogP contribution is 2.27. The van der Waals surface area contributed by atoms with Gasteiger partial charge in [-0.2, -0.15) is 0 Å². The Morgan fingerprint density at radius 3 is 2.57 bits per heavy atom. The fraction of sp³-hybridized carbons (Fsp3) is 0.133. The third-order valence-corrected chi connectivity index (χ3v) is 3.24. The highest BCUT2D eigenvalue weighted by molar-refractivity contribution is 6.32. The third kappa shape index (κ3) is 3.38. The van der Waals surface area contributed by atoms with Crippen LogP contribution in [0, 0.1) is 24.0 Å². The summed E-state index contributed by atoms with van der Waals surface area (Å²) in [6, 6.07) is 9.22. The highest BCUT2D eigenvalue weighted by atomic mass is 35.5. The van der Waals surface area contributed by atoms with E-state index in [2.05, 4.69) is 0 Å². The first-order valence-corrected chi connectivity index (χ1v) is 6.49. The second-order valence-electron chi connectivity index (χ2n) is 4.58. The summed E-state index contributed by atoms with van der Waals surface area (Å²) in [5, 5.41) is 11.2. The third-order valence-electron chi connectivity index (χ3n) is 2.93. The summed E-state index contributed by atoms with van der Waals surface area (Å²) in [5.41, 5.74) is 1.34. The Labute approximate surface area is 126 Å². The van der Waals surface area contributed by atoms with Gasteiger partial charge in [0.2, 0.25) is 0 Å². The normalized spacial score (nSPS) is 10.2. The lowest BCUT2D eigenvalue weighted by Crippen LogP contribution is -2.09. The van der Waals surface area contributed by atoms with Crippen molar-refractivity contribution in [3.05, 3.63) is 68.2 Å². The molecule has 0 atom stereocenters. The molecule has 2 aromatic carbocycles. The van der Waals surface area contributed by atoms with Crippen molar-refractivity contribution in [1.29, 1.82) is 0 Å². The molecule has 108 valence electrons. The van der Waals surface area contributed by atoms with E-state index in [0.717, 1.165) is 5.56 Å². The number of carbonyl (C=O) groups is 1. The van der Waals surface area contributed by atoms with Gasteiger partial charge < -0.3 is 4.74 Å². The predicted molar refractivity (Wildman–Crippen MR) is 79.0 cm³/mol. The number of aryl methyl sites for hydroxylation is 2. The van der Waals surface area contributed by atoms with Gasteiger partial charge in [-0.05, 0) is 37.6 Å². The second kappa shape index (κ2) is 5.93. The Balaban J connectivity index is 2.30. The van der Waals surface area contributed by atoms with E-state index in [1.54, 1.807) is 25.1 Å². The molecule has 0 aliphatic heterocycles. The molecule has 0 saturated carbocycles. The maximum Gasteiger partial charge on any atom is 0.343 e. The van der Waals surface area contributed by atoms with Crippen molar-refractivity contribution in [1.82, 2.24) is 0 Å². The topological polar surface area (TPSA) is 69.4 Å². The fourth-order valence-corrected chi connectivity index (χ4v) is 1.94. The zero-order valence-electron chi connectivity index (χ0n) is 11.4. The first-order valence-electron chi connectivity index (χ1n) is 6.12. The maximum absolute atomic E-state index is 12.1. The van der Waals surface area contributed by atoms with E-state index >= 15 is 0 Å². The van der Waals surface area contributed by atoms with Crippen molar-refractivity contribution in [2.45, 2.75) is 13.8 Å². The quantitative estimate of drug-likeness (QED) is 0.371. The van der Waals surface area contributed by atoms with E-state index in [1.807, 2.05) is 6.92 Å². The summed E-state index contributed by atoms with van der Waals surface area (Å²) in [6.45, 7) is 3.44. The molecule has 0 unspecified atom stereocenters. The van der Waals surface area contributed by atoms with E-state index in [9.17, 15) is 14.9 Å². The maximum atomic E-state index is 12.1. The van der Waals surface area contributed by atoms with Gasteiger partial charge in [-0.25, -0.2) is 4.79 Å². The molecular weight excluding hydrogens is 294 g/mol. The molecule has 0 bridgehead atoms. The lowest BCUT2D eigenvalue weighted by Gasteiger charge is -2.07. The Hall–Kier alpha value is -2.40. The summed E-state index contributed by atoms with van der Waals surface area (Å²) in [7, 11) is 0. The summed E-state index contributed by atoms with van der Waals surface area (Å²) in [6.07, 6.45) is 0. The van der Waals surface area contributed by atoms with Crippen LogP contribution in [0.15, 0.2) is 36.4 Å². The van der Waals surface area contributed by atoms with E-state index in [1.165, 1.54) is 18.2 Å². The first-order chi connectivity index (χ1) is 9.88. The van der Waals surface area contributed by atoms with Gasteiger partial charge in [0, 0.05) is 11.6 Å². The monoisotopic (exact) mass is 305 g/mol. The van der Waals surface area contributed by atoms with Crippen LogP contribution in [0.2, 0.25) is 5.02 Å². The van der Waals surface area contributed by atoms with Gasteiger partial charge in [0.05, 0.1) is 15.5 Å². The van der Waals surface area contributed by atoms with Crippen LogP contribution < -0.4 is 4.74 Å². The molecule has 5 nitrogen and oxygen atoms in total. The standard InChI is InChI=1S/C15H12ClNO4/c1-9-3-6-12(16)14(7-9)21-15(18)11-5-4-10(2)13(8-11)17(19)20/h3-8H,1-2H3. The smallest absolute Gasteiger partial charge is 0.343 e. The van der Waals surface area contributed by atoms with Gasteiger partial charge >= 0.3 is 5.97 Å². The van der Waals surface area contributed by atoms with Crippen LogP contribution in [0.4, 0.5) is 5.69 Å². The van der Waals surface area contributed by atoms with E-state index in [0.29, 0.717) is 10.6 Å². The summed E-state index contributed by atoms with van der Waals surface area (Å²) >= 11 is 5.95.